The minimum atomic E-state index is -0.314. The lowest BCUT2D eigenvalue weighted by molar-refractivity contribution is 0.101. The first-order chi connectivity index (χ1) is 9.49. The van der Waals surface area contributed by atoms with Crippen molar-refractivity contribution >= 4 is 5.78 Å². The first-order valence-electron chi connectivity index (χ1n) is 6.67. The Hall–Kier alpha value is -2.23. The average molecular weight is 270 g/mol. The summed E-state index contributed by atoms with van der Waals surface area (Å²) in [5.74, 6) is 0.0538. The molecule has 0 unspecified atom stereocenters. The fourth-order valence-corrected chi connectivity index (χ4v) is 2.01. The number of Topliss-reactive ketones (excluding diaryl/α,β-unsaturated/α-hetero) is 1. The van der Waals surface area contributed by atoms with Gasteiger partial charge in [-0.15, -0.1) is 0 Å². The number of ketones is 1. The van der Waals surface area contributed by atoms with Crippen LogP contribution in [0.1, 0.15) is 31.1 Å². The maximum absolute atomic E-state index is 12.2. The van der Waals surface area contributed by atoms with Crippen LogP contribution in [0.25, 0.3) is 11.3 Å². The summed E-state index contributed by atoms with van der Waals surface area (Å²) in [6.07, 6.45) is 0. The number of carbonyl (C=O) groups is 1. The average Bonchev–Trinajstić information content (AvgIpc) is 2.41. The Bertz CT molecular complexity index is 673. The number of hydrogen-bond donors (Lipinski definition) is 0. The van der Waals surface area contributed by atoms with Crippen molar-refractivity contribution in [2.24, 2.45) is 5.92 Å². The van der Waals surface area contributed by atoms with Gasteiger partial charge in [0.15, 0.2) is 5.78 Å². The molecule has 1 aromatic carbocycles. The summed E-state index contributed by atoms with van der Waals surface area (Å²) < 4.78 is 1.39. The smallest absolute Gasteiger partial charge is 0.277 e. The molecule has 0 aliphatic carbocycles. The third-order valence-corrected chi connectivity index (χ3v) is 2.96. The van der Waals surface area contributed by atoms with E-state index in [9.17, 15) is 9.59 Å². The summed E-state index contributed by atoms with van der Waals surface area (Å²) in [4.78, 5) is 23.9. The summed E-state index contributed by atoms with van der Waals surface area (Å²) in [6.45, 7) is 5.93. The number of rotatable bonds is 4. The van der Waals surface area contributed by atoms with Crippen molar-refractivity contribution in [3.8, 4) is 11.3 Å². The topological polar surface area (TPSA) is 52.0 Å². The number of aromatic nitrogens is 2. The highest BCUT2D eigenvalue weighted by Crippen LogP contribution is 2.16. The van der Waals surface area contributed by atoms with Gasteiger partial charge in [-0.05, 0) is 18.9 Å². The van der Waals surface area contributed by atoms with Gasteiger partial charge >= 0.3 is 0 Å². The van der Waals surface area contributed by atoms with Gasteiger partial charge in [0.05, 0.1) is 11.3 Å². The van der Waals surface area contributed by atoms with E-state index in [-0.39, 0.29) is 22.8 Å². The second-order valence-electron chi connectivity index (χ2n) is 5.25. The molecule has 2 aromatic rings. The SMILES string of the molecule is CC(=O)c1cc(-c2ccccc2)nn(CC(C)C)c1=O. The van der Waals surface area contributed by atoms with Gasteiger partial charge < -0.3 is 0 Å². The molecule has 0 spiro atoms. The monoisotopic (exact) mass is 270 g/mol. The van der Waals surface area contributed by atoms with E-state index in [4.69, 9.17) is 0 Å². The quantitative estimate of drug-likeness (QED) is 0.803. The van der Waals surface area contributed by atoms with Crippen LogP contribution in [-0.2, 0) is 6.54 Å². The van der Waals surface area contributed by atoms with Crippen molar-refractivity contribution in [3.05, 3.63) is 52.3 Å². The summed E-state index contributed by atoms with van der Waals surface area (Å²) >= 11 is 0. The lowest BCUT2D eigenvalue weighted by Gasteiger charge is -2.11. The second kappa shape index (κ2) is 5.82. The zero-order valence-corrected chi connectivity index (χ0v) is 12.0. The maximum Gasteiger partial charge on any atom is 0.277 e. The van der Waals surface area contributed by atoms with Gasteiger partial charge in [0.1, 0.15) is 0 Å². The van der Waals surface area contributed by atoms with Crippen molar-refractivity contribution in [1.82, 2.24) is 9.78 Å². The summed E-state index contributed by atoms with van der Waals surface area (Å²) in [6, 6.07) is 11.1. The van der Waals surface area contributed by atoms with E-state index in [0.717, 1.165) is 5.56 Å². The summed E-state index contributed by atoms with van der Waals surface area (Å²) in [5, 5.41) is 4.38. The molecule has 2 rings (SSSR count). The van der Waals surface area contributed by atoms with E-state index < -0.39 is 0 Å². The lowest BCUT2D eigenvalue weighted by Crippen LogP contribution is -2.29. The van der Waals surface area contributed by atoms with Crippen molar-refractivity contribution in [1.29, 1.82) is 0 Å². The minimum Gasteiger partial charge on any atom is -0.294 e. The summed E-state index contributed by atoms with van der Waals surface area (Å²) in [7, 11) is 0. The first-order valence-corrected chi connectivity index (χ1v) is 6.67. The highest BCUT2D eigenvalue weighted by atomic mass is 16.1. The van der Waals surface area contributed by atoms with Gasteiger partial charge in [-0.25, -0.2) is 4.68 Å². The summed E-state index contributed by atoms with van der Waals surface area (Å²) in [5.41, 5.74) is 1.42. The van der Waals surface area contributed by atoms with Crippen LogP contribution in [0.15, 0.2) is 41.2 Å². The van der Waals surface area contributed by atoms with Gasteiger partial charge in [-0.2, -0.15) is 5.10 Å². The van der Waals surface area contributed by atoms with Crippen LogP contribution in [0.2, 0.25) is 0 Å². The molecule has 0 saturated carbocycles. The van der Waals surface area contributed by atoms with Gasteiger partial charge in [0, 0.05) is 12.1 Å². The van der Waals surface area contributed by atoms with E-state index in [1.165, 1.54) is 11.6 Å². The van der Waals surface area contributed by atoms with Crippen molar-refractivity contribution < 1.29 is 4.79 Å². The van der Waals surface area contributed by atoms with Crippen LogP contribution >= 0.6 is 0 Å². The molecule has 0 aliphatic rings. The molecule has 0 radical (unpaired) electrons. The predicted octanol–water partition coefficient (Wildman–Crippen LogP) is 2.77. The zero-order valence-electron chi connectivity index (χ0n) is 12.0. The lowest BCUT2D eigenvalue weighted by atomic mass is 10.1. The fourth-order valence-electron chi connectivity index (χ4n) is 2.01. The highest BCUT2D eigenvalue weighted by molar-refractivity contribution is 5.94. The van der Waals surface area contributed by atoms with Gasteiger partial charge in [-0.3, -0.25) is 9.59 Å². The Kier molecular flexibility index (Phi) is 4.13. The zero-order chi connectivity index (χ0) is 14.7. The Morgan fingerprint density at radius 2 is 1.90 bits per heavy atom. The molecule has 0 bridgehead atoms. The van der Waals surface area contributed by atoms with Crippen LogP contribution in [0.5, 0.6) is 0 Å². The van der Waals surface area contributed by atoms with Crippen LogP contribution in [0, 0.1) is 5.92 Å². The van der Waals surface area contributed by atoms with Crippen molar-refractivity contribution in [3.63, 3.8) is 0 Å². The minimum absolute atomic E-state index is 0.194. The maximum atomic E-state index is 12.2. The van der Waals surface area contributed by atoms with E-state index >= 15 is 0 Å². The molecular weight excluding hydrogens is 252 g/mol. The highest BCUT2D eigenvalue weighted by Gasteiger charge is 2.13. The van der Waals surface area contributed by atoms with E-state index in [1.54, 1.807) is 6.07 Å². The van der Waals surface area contributed by atoms with Gasteiger partial charge in [0.2, 0.25) is 0 Å². The number of carbonyl (C=O) groups excluding carboxylic acids is 1. The van der Waals surface area contributed by atoms with Crippen molar-refractivity contribution in [2.75, 3.05) is 0 Å². The van der Waals surface area contributed by atoms with E-state index in [2.05, 4.69) is 5.10 Å². The van der Waals surface area contributed by atoms with Crippen LogP contribution < -0.4 is 5.56 Å². The first kappa shape index (κ1) is 14.2. The Balaban J connectivity index is 2.62. The molecular formula is C16H18N2O2. The molecule has 0 atom stereocenters. The van der Waals surface area contributed by atoms with Crippen molar-refractivity contribution in [2.45, 2.75) is 27.3 Å². The molecule has 4 heteroatoms. The number of benzene rings is 1. The van der Waals surface area contributed by atoms with Crippen LogP contribution in [0.4, 0.5) is 0 Å². The molecule has 1 heterocycles. The molecule has 0 N–H and O–H groups in total. The molecule has 0 fully saturated rings. The standard InChI is InChI=1S/C16H18N2O2/c1-11(2)10-18-16(20)14(12(3)19)9-15(17-18)13-7-5-4-6-8-13/h4-9,11H,10H2,1-3H3. The van der Waals surface area contributed by atoms with Crippen LogP contribution in [-0.4, -0.2) is 15.6 Å². The Labute approximate surface area is 118 Å². The Morgan fingerprint density at radius 1 is 1.25 bits per heavy atom. The fraction of sp³-hybridized carbons (Fsp3) is 0.312. The number of nitrogens with zero attached hydrogens (tertiary/aromatic N) is 2. The third kappa shape index (κ3) is 3.02. The normalized spacial score (nSPS) is 10.8. The molecule has 0 amide bonds. The molecule has 0 aliphatic heterocycles. The van der Waals surface area contributed by atoms with Crippen LogP contribution in [0.3, 0.4) is 0 Å². The molecule has 4 nitrogen and oxygen atoms in total. The predicted molar refractivity (Wildman–Crippen MR) is 78.8 cm³/mol. The van der Waals surface area contributed by atoms with E-state index in [0.29, 0.717) is 12.2 Å². The molecule has 104 valence electrons. The third-order valence-electron chi connectivity index (χ3n) is 2.96. The van der Waals surface area contributed by atoms with E-state index in [1.807, 2.05) is 44.2 Å². The Morgan fingerprint density at radius 3 is 2.45 bits per heavy atom. The molecule has 1 aromatic heterocycles. The largest absolute Gasteiger partial charge is 0.294 e. The van der Waals surface area contributed by atoms with Gasteiger partial charge in [-0.1, -0.05) is 44.2 Å². The number of hydrogen-bond acceptors (Lipinski definition) is 3. The second-order valence-corrected chi connectivity index (χ2v) is 5.25. The molecule has 20 heavy (non-hydrogen) atoms. The van der Waals surface area contributed by atoms with Gasteiger partial charge in [0.25, 0.3) is 5.56 Å². The molecule has 0 saturated heterocycles.